The zero-order valence-corrected chi connectivity index (χ0v) is 15.8. The van der Waals surface area contributed by atoms with Gasteiger partial charge in [0.25, 0.3) is 5.91 Å². The van der Waals surface area contributed by atoms with Crippen molar-refractivity contribution in [1.29, 1.82) is 5.26 Å². The number of rotatable bonds is 5. The summed E-state index contributed by atoms with van der Waals surface area (Å²) in [6.07, 6.45) is 5.69. The van der Waals surface area contributed by atoms with Crippen LogP contribution in [0.1, 0.15) is 66.2 Å². The second kappa shape index (κ2) is 6.30. The lowest BCUT2D eigenvalue weighted by atomic mass is 9.49. The predicted molar refractivity (Wildman–Crippen MR) is 93.2 cm³/mol. The third-order valence-corrected chi connectivity index (χ3v) is 6.89. The molecule has 0 aromatic heterocycles. The van der Waals surface area contributed by atoms with Crippen molar-refractivity contribution in [2.45, 2.75) is 77.9 Å². The molecule has 4 bridgehead atoms. The molecule has 4 rings (SSSR count). The van der Waals surface area contributed by atoms with Gasteiger partial charge in [0.15, 0.2) is 6.10 Å². The van der Waals surface area contributed by atoms with Crippen LogP contribution in [0, 0.1) is 40.4 Å². The highest BCUT2D eigenvalue weighted by molar-refractivity contribution is 5.86. The Morgan fingerprint density at radius 2 is 1.60 bits per heavy atom. The van der Waals surface area contributed by atoms with Crippen molar-refractivity contribution in [2.75, 3.05) is 0 Å². The normalized spacial score (nSPS) is 36.4. The zero-order chi connectivity index (χ0) is 18.4. The Bertz CT molecular complexity index is 571. The maximum absolute atomic E-state index is 12.9. The van der Waals surface area contributed by atoms with Crippen LogP contribution in [-0.2, 0) is 14.3 Å². The molecule has 5 heteroatoms. The molecule has 4 aliphatic rings. The molecule has 25 heavy (non-hydrogen) atoms. The Morgan fingerprint density at radius 3 is 2.00 bits per heavy atom. The van der Waals surface area contributed by atoms with Crippen LogP contribution in [0.5, 0.6) is 0 Å². The van der Waals surface area contributed by atoms with E-state index in [0.29, 0.717) is 17.8 Å². The quantitative estimate of drug-likeness (QED) is 0.775. The van der Waals surface area contributed by atoms with Crippen molar-refractivity contribution >= 4 is 11.9 Å². The van der Waals surface area contributed by atoms with E-state index in [9.17, 15) is 14.9 Å². The van der Waals surface area contributed by atoms with Crippen LogP contribution in [0.2, 0.25) is 0 Å². The highest BCUT2D eigenvalue weighted by atomic mass is 16.5. The van der Waals surface area contributed by atoms with Gasteiger partial charge >= 0.3 is 5.97 Å². The average molecular weight is 346 g/mol. The summed E-state index contributed by atoms with van der Waals surface area (Å²) in [5.74, 6) is 1.35. The number of hydrogen-bond donors (Lipinski definition) is 1. The number of carbonyl (C=O) groups is 2. The van der Waals surface area contributed by atoms with Crippen LogP contribution in [0.25, 0.3) is 0 Å². The lowest BCUT2D eigenvalue weighted by molar-refractivity contribution is -0.178. The van der Waals surface area contributed by atoms with Crippen molar-refractivity contribution in [3.63, 3.8) is 0 Å². The monoisotopic (exact) mass is 346 g/mol. The van der Waals surface area contributed by atoms with Gasteiger partial charge in [-0.2, -0.15) is 5.26 Å². The largest absolute Gasteiger partial charge is 0.452 e. The van der Waals surface area contributed by atoms with E-state index >= 15 is 0 Å². The first kappa shape index (κ1) is 18.2. The highest BCUT2D eigenvalue weighted by Gasteiger charge is 2.56. The molecule has 0 spiro atoms. The fourth-order valence-corrected chi connectivity index (χ4v) is 5.36. The number of hydrogen-bond acceptors (Lipinski definition) is 4. The summed E-state index contributed by atoms with van der Waals surface area (Å²) in [5.41, 5.74) is -1.32. The number of nitriles is 1. The summed E-state index contributed by atoms with van der Waals surface area (Å²) in [7, 11) is 0. The number of nitrogens with one attached hydrogen (secondary N) is 1. The molecular weight excluding hydrogens is 316 g/mol. The van der Waals surface area contributed by atoms with Crippen molar-refractivity contribution in [1.82, 2.24) is 5.32 Å². The van der Waals surface area contributed by atoms with Crippen LogP contribution < -0.4 is 5.32 Å². The molecular formula is C20H30N2O3. The first-order chi connectivity index (χ1) is 11.7. The minimum atomic E-state index is -0.960. The number of ether oxygens (including phenoxy) is 1. The van der Waals surface area contributed by atoms with Gasteiger partial charge in [0.1, 0.15) is 5.54 Å². The first-order valence-electron chi connectivity index (χ1n) is 9.62. The summed E-state index contributed by atoms with van der Waals surface area (Å²) < 4.78 is 5.61. The average Bonchev–Trinajstić information content (AvgIpc) is 2.53. The smallest absolute Gasteiger partial charge is 0.312 e. The lowest BCUT2D eigenvalue weighted by Gasteiger charge is -2.55. The second-order valence-corrected chi connectivity index (χ2v) is 9.20. The van der Waals surface area contributed by atoms with Gasteiger partial charge in [-0.15, -0.1) is 0 Å². The van der Waals surface area contributed by atoms with Gasteiger partial charge in [-0.25, -0.2) is 0 Å². The molecule has 0 aliphatic heterocycles. The third kappa shape index (κ3) is 3.28. The topological polar surface area (TPSA) is 79.2 Å². The molecule has 138 valence electrons. The molecule has 4 fully saturated rings. The highest BCUT2D eigenvalue weighted by Crippen LogP contribution is 2.60. The Kier molecular flexibility index (Phi) is 4.59. The molecule has 0 radical (unpaired) electrons. The van der Waals surface area contributed by atoms with Crippen LogP contribution in [-0.4, -0.2) is 23.5 Å². The van der Waals surface area contributed by atoms with E-state index in [1.54, 1.807) is 13.8 Å². The van der Waals surface area contributed by atoms with Crippen LogP contribution >= 0.6 is 0 Å². The molecule has 2 atom stereocenters. The van der Waals surface area contributed by atoms with E-state index in [1.807, 2.05) is 13.8 Å². The number of esters is 1. The molecule has 1 N–H and O–H groups in total. The SMILES string of the molecule is CC(C)[C@@](C)(C#N)NC(=O)[C@H](C)OC(=O)C12CC3CC(CC(C3)C1)C2. The molecule has 0 saturated heterocycles. The van der Waals surface area contributed by atoms with Crippen molar-refractivity contribution < 1.29 is 14.3 Å². The van der Waals surface area contributed by atoms with Crippen molar-refractivity contribution in [2.24, 2.45) is 29.1 Å². The van der Waals surface area contributed by atoms with Gasteiger partial charge in [-0.1, -0.05) is 13.8 Å². The van der Waals surface area contributed by atoms with Crippen molar-refractivity contribution in [3.8, 4) is 6.07 Å². The molecule has 0 aromatic carbocycles. The Balaban J connectivity index is 1.63. The first-order valence-corrected chi connectivity index (χ1v) is 9.62. The van der Waals surface area contributed by atoms with E-state index in [2.05, 4.69) is 11.4 Å². The summed E-state index contributed by atoms with van der Waals surface area (Å²) >= 11 is 0. The lowest BCUT2D eigenvalue weighted by Crippen LogP contribution is -2.54. The van der Waals surface area contributed by atoms with Gasteiger partial charge in [-0.05, 0) is 76.0 Å². The maximum Gasteiger partial charge on any atom is 0.312 e. The van der Waals surface area contributed by atoms with Gasteiger partial charge in [0.05, 0.1) is 11.5 Å². The molecule has 0 aromatic rings. The standard InChI is InChI=1S/C20H30N2O3/c1-12(2)19(4,11-21)22-17(23)13(3)25-18(24)20-8-14-5-15(9-20)7-16(6-14)10-20/h12-16H,5-10H2,1-4H3,(H,22,23)/t13-,14?,15?,16?,19+,20?/m0/s1. The van der Waals surface area contributed by atoms with Crippen molar-refractivity contribution in [3.05, 3.63) is 0 Å². The van der Waals surface area contributed by atoms with Crippen LogP contribution in [0.15, 0.2) is 0 Å². The summed E-state index contributed by atoms with van der Waals surface area (Å²) in [6.45, 7) is 7.07. The van der Waals surface area contributed by atoms with Gasteiger partial charge in [-0.3, -0.25) is 9.59 Å². The Morgan fingerprint density at radius 1 is 1.12 bits per heavy atom. The number of amides is 1. The van der Waals surface area contributed by atoms with Gasteiger partial charge in [0.2, 0.25) is 0 Å². The number of carbonyl (C=O) groups excluding carboxylic acids is 2. The van der Waals surface area contributed by atoms with Crippen LogP contribution in [0.3, 0.4) is 0 Å². The van der Waals surface area contributed by atoms with Crippen LogP contribution in [0.4, 0.5) is 0 Å². The van der Waals surface area contributed by atoms with E-state index in [0.717, 1.165) is 19.3 Å². The van der Waals surface area contributed by atoms with E-state index in [-0.39, 0.29) is 17.3 Å². The summed E-state index contributed by atoms with van der Waals surface area (Å²) in [6, 6.07) is 2.15. The van der Waals surface area contributed by atoms with Gasteiger partial charge < -0.3 is 10.1 Å². The van der Waals surface area contributed by atoms with Gasteiger partial charge in [0, 0.05) is 0 Å². The Hall–Kier alpha value is -1.57. The fraction of sp³-hybridized carbons (Fsp3) is 0.850. The van der Waals surface area contributed by atoms with E-state index < -0.39 is 17.6 Å². The van der Waals surface area contributed by atoms with E-state index in [4.69, 9.17) is 4.74 Å². The summed E-state index contributed by atoms with van der Waals surface area (Å²) in [4.78, 5) is 25.4. The molecule has 0 heterocycles. The minimum absolute atomic E-state index is 0.0347. The van der Waals surface area contributed by atoms with E-state index in [1.165, 1.54) is 19.3 Å². The molecule has 5 nitrogen and oxygen atoms in total. The zero-order valence-electron chi connectivity index (χ0n) is 15.8. The maximum atomic E-state index is 12.9. The molecule has 4 aliphatic carbocycles. The summed E-state index contributed by atoms with van der Waals surface area (Å²) in [5, 5.41) is 12.1. The second-order valence-electron chi connectivity index (χ2n) is 9.20. The number of nitrogens with zero attached hydrogens (tertiary/aromatic N) is 1. The molecule has 4 saturated carbocycles. The fourth-order valence-electron chi connectivity index (χ4n) is 5.36. The Labute approximate surface area is 150 Å². The molecule has 0 unspecified atom stereocenters. The predicted octanol–water partition coefficient (Wildman–Crippen LogP) is 3.19. The minimum Gasteiger partial charge on any atom is -0.452 e. The molecule has 1 amide bonds. The third-order valence-electron chi connectivity index (χ3n) is 6.89.